The number of benzene rings is 2. The monoisotopic (exact) mass is 485 g/mol. The highest BCUT2D eigenvalue weighted by Crippen LogP contribution is 2.30. The molecule has 0 N–H and O–H groups in total. The molecule has 2 aromatic carbocycles. The number of nitrogens with zero attached hydrogens (tertiary/aromatic N) is 1. The average Bonchev–Trinajstić information content (AvgIpc) is 2.82. The Morgan fingerprint density at radius 1 is 1.06 bits per heavy atom. The van der Waals surface area contributed by atoms with E-state index in [1.165, 1.54) is 29.6 Å². The highest BCUT2D eigenvalue weighted by Gasteiger charge is 2.33. The third-order valence-electron chi connectivity index (χ3n) is 5.34. The number of carbonyl (C=O) groups is 2. The summed E-state index contributed by atoms with van der Waals surface area (Å²) in [6.07, 6.45) is -4.19. The van der Waals surface area contributed by atoms with Gasteiger partial charge in [0.25, 0.3) is 0 Å². The molecule has 33 heavy (non-hydrogen) atoms. The molecule has 0 unspecified atom stereocenters. The van der Waals surface area contributed by atoms with Crippen LogP contribution in [-0.4, -0.2) is 51.3 Å². The lowest BCUT2D eigenvalue weighted by atomic mass is 9.98. The number of rotatable bonds is 7. The fourth-order valence-corrected chi connectivity index (χ4v) is 4.91. The van der Waals surface area contributed by atoms with Crippen molar-refractivity contribution >= 4 is 21.8 Å². The van der Waals surface area contributed by atoms with Crippen LogP contribution in [0, 0.1) is 5.92 Å². The molecule has 7 nitrogen and oxygen atoms in total. The van der Waals surface area contributed by atoms with Crippen LogP contribution in [0.4, 0.5) is 13.2 Å². The molecule has 0 radical (unpaired) electrons. The number of esters is 1. The molecule has 1 aliphatic heterocycles. The predicted octanol–water partition coefficient (Wildman–Crippen LogP) is 3.54. The minimum Gasteiger partial charge on any atom is -0.497 e. The van der Waals surface area contributed by atoms with Gasteiger partial charge in [0.05, 0.1) is 23.5 Å². The number of hydrogen-bond acceptors (Lipinski definition) is 6. The maximum atomic E-state index is 12.8. The number of halogens is 3. The normalized spacial score (nSPS) is 15.8. The number of methoxy groups -OCH3 is 1. The summed E-state index contributed by atoms with van der Waals surface area (Å²) in [6, 6.07) is 9.83. The number of piperidine rings is 1. The molecular formula is C22H22F3NO6S. The van der Waals surface area contributed by atoms with Crippen LogP contribution in [0.5, 0.6) is 5.75 Å². The minimum absolute atomic E-state index is 0.0930. The van der Waals surface area contributed by atoms with Crippen molar-refractivity contribution < 1.29 is 40.7 Å². The second kappa shape index (κ2) is 9.92. The lowest BCUT2D eigenvalue weighted by Gasteiger charge is -2.30. The quantitative estimate of drug-likeness (QED) is 0.440. The van der Waals surface area contributed by atoms with Gasteiger partial charge in [-0.2, -0.15) is 17.5 Å². The molecule has 1 saturated heterocycles. The summed E-state index contributed by atoms with van der Waals surface area (Å²) in [5.74, 6) is -1.53. The molecule has 1 aliphatic rings. The number of hydrogen-bond donors (Lipinski definition) is 0. The van der Waals surface area contributed by atoms with E-state index in [0.717, 1.165) is 12.1 Å². The molecule has 3 rings (SSSR count). The highest BCUT2D eigenvalue weighted by molar-refractivity contribution is 7.89. The first kappa shape index (κ1) is 24.7. The van der Waals surface area contributed by atoms with E-state index in [0.29, 0.717) is 11.8 Å². The van der Waals surface area contributed by atoms with Gasteiger partial charge in [0.2, 0.25) is 10.0 Å². The number of ketones is 1. The molecule has 0 atom stereocenters. The largest absolute Gasteiger partial charge is 0.497 e. The van der Waals surface area contributed by atoms with E-state index in [2.05, 4.69) is 0 Å². The zero-order chi connectivity index (χ0) is 24.2. The molecular weight excluding hydrogens is 463 g/mol. The number of ether oxygens (including phenoxy) is 2. The Morgan fingerprint density at radius 3 is 2.27 bits per heavy atom. The van der Waals surface area contributed by atoms with E-state index < -0.39 is 46.0 Å². The number of Topliss-reactive ketones (excluding diaryl/α,β-unsaturated/α-hetero) is 1. The second-order valence-corrected chi connectivity index (χ2v) is 9.40. The van der Waals surface area contributed by atoms with Crippen molar-refractivity contribution in [2.75, 3.05) is 26.8 Å². The van der Waals surface area contributed by atoms with Crippen LogP contribution in [0.15, 0.2) is 53.4 Å². The Balaban J connectivity index is 1.53. The molecule has 0 saturated carbocycles. The van der Waals surface area contributed by atoms with Gasteiger partial charge in [-0.05, 0) is 49.2 Å². The summed E-state index contributed by atoms with van der Waals surface area (Å²) in [7, 11) is -2.26. The topological polar surface area (TPSA) is 90.0 Å². The van der Waals surface area contributed by atoms with Crippen molar-refractivity contribution in [2.45, 2.75) is 23.9 Å². The lowest BCUT2D eigenvalue weighted by Crippen LogP contribution is -2.40. The Kier molecular flexibility index (Phi) is 7.43. The number of carbonyl (C=O) groups excluding carboxylic acids is 2. The van der Waals surface area contributed by atoms with E-state index in [1.807, 2.05) is 0 Å². The van der Waals surface area contributed by atoms with Crippen LogP contribution in [0.3, 0.4) is 0 Å². The molecule has 2 aromatic rings. The smallest absolute Gasteiger partial charge is 0.416 e. The maximum Gasteiger partial charge on any atom is 0.416 e. The van der Waals surface area contributed by atoms with Crippen LogP contribution in [0.2, 0.25) is 0 Å². The number of sulfonamides is 1. The summed E-state index contributed by atoms with van der Waals surface area (Å²) in [4.78, 5) is 24.6. The van der Waals surface area contributed by atoms with Crippen LogP contribution < -0.4 is 4.74 Å². The average molecular weight is 485 g/mol. The molecule has 1 fully saturated rings. The summed E-state index contributed by atoms with van der Waals surface area (Å²) in [6.45, 7) is -0.504. The Labute approximate surface area is 189 Å². The van der Waals surface area contributed by atoms with Gasteiger partial charge in [-0.15, -0.1) is 0 Å². The molecule has 0 amide bonds. The van der Waals surface area contributed by atoms with Crippen molar-refractivity contribution in [3.8, 4) is 5.75 Å². The third-order valence-corrected chi connectivity index (χ3v) is 7.25. The molecule has 178 valence electrons. The summed E-state index contributed by atoms with van der Waals surface area (Å²) < 4.78 is 75.2. The van der Waals surface area contributed by atoms with E-state index in [4.69, 9.17) is 9.47 Å². The first-order valence-corrected chi connectivity index (χ1v) is 11.5. The van der Waals surface area contributed by atoms with Gasteiger partial charge in [-0.1, -0.05) is 12.1 Å². The van der Waals surface area contributed by atoms with Gasteiger partial charge in [0, 0.05) is 18.7 Å². The molecule has 11 heteroatoms. The molecule has 0 bridgehead atoms. The van der Waals surface area contributed by atoms with Gasteiger partial charge in [0.15, 0.2) is 12.4 Å². The van der Waals surface area contributed by atoms with E-state index in [1.54, 1.807) is 12.1 Å². The van der Waals surface area contributed by atoms with E-state index in [-0.39, 0.29) is 36.4 Å². The standard InChI is InChI=1S/C22H22F3NO6S/c1-31-18-5-7-19(8-6-18)33(29,30)26-11-9-15(10-12-26)21(28)32-14-20(27)16-3-2-4-17(13-16)22(23,24)25/h2-8,13,15H,9-12,14H2,1H3. The molecule has 0 aromatic heterocycles. The van der Waals surface area contributed by atoms with Gasteiger partial charge >= 0.3 is 12.1 Å². The fraction of sp³-hybridized carbons (Fsp3) is 0.364. The Morgan fingerprint density at radius 2 is 1.70 bits per heavy atom. The first-order valence-electron chi connectivity index (χ1n) is 10.0. The summed E-state index contributed by atoms with van der Waals surface area (Å²) >= 11 is 0. The lowest BCUT2D eigenvalue weighted by molar-refractivity contribution is -0.148. The van der Waals surface area contributed by atoms with Gasteiger partial charge in [-0.25, -0.2) is 8.42 Å². The van der Waals surface area contributed by atoms with Gasteiger partial charge in [-0.3, -0.25) is 9.59 Å². The van der Waals surface area contributed by atoms with Crippen LogP contribution >= 0.6 is 0 Å². The van der Waals surface area contributed by atoms with Crippen LogP contribution in [0.1, 0.15) is 28.8 Å². The van der Waals surface area contributed by atoms with E-state index in [9.17, 15) is 31.2 Å². The molecule has 0 aliphatic carbocycles. The van der Waals surface area contributed by atoms with E-state index >= 15 is 0 Å². The van der Waals surface area contributed by atoms with Crippen molar-refractivity contribution in [2.24, 2.45) is 5.92 Å². The van der Waals surface area contributed by atoms with Crippen molar-refractivity contribution in [1.82, 2.24) is 4.31 Å². The Hall–Kier alpha value is -2.92. The van der Waals surface area contributed by atoms with Crippen LogP contribution in [-0.2, 0) is 25.7 Å². The van der Waals surface area contributed by atoms with Crippen molar-refractivity contribution in [3.05, 3.63) is 59.7 Å². The first-order chi connectivity index (χ1) is 15.5. The van der Waals surface area contributed by atoms with Gasteiger partial charge in [0.1, 0.15) is 5.75 Å². The fourth-order valence-electron chi connectivity index (χ4n) is 3.44. The van der Waals surface area contributed by atoms with Crippen LogP contribution in [0.25, 0.3) is 0 Å². The predicted molar refractivity (Wildman–Crippen MR) is 111 cm³/mol. The Bertz CT molecular complexity index is 1110. The second-order valence-electron chi connectivity index (χ2n) is 7.46. The minimum atomic E-state index is -4.59. The third kappa shape index (κ3) is 5.91. The zero-order valence-electron chi connectivity index (χ0n) is 17.7. The zero-order valence-corrected chi connectivity index (χ0v) is 18.5. The SMILES string of the molecule is COc1ccc(S(=O)(=O)N2CCC(C(=O)OCC(=O)c3cccc(C(F)(F)F)c3)CC2)cc1. The maximum absolute atomic E-state index is 12.8. The van der Waals surface area contributed by atoms with Gasteiger partial charge < -0.3 is 9.47 Å². The number of alkyl halides is 3. The molecule has 1 heterocycles. The summed E-state index contributed by atoms with van der Waals surface area (Å²) in [5, 5.41) is 0. The summed E-state index contributed by atoms with van der Waals surface area (Å²) in [5.41, 5.74) is -1.18. The van der Waals surface area contributed by atoms with Crippen molar-refractivity contribution in [1.29, 1.82) is 0 Å². The van der Waals surface area contributed by atoms with Crippen molar-refractivity contribution in [3.63, 3.8) is 0 Å². The molecule has 0 spiro atoms. The highest BCUT2D eigenvalue weighted by atomic mass is 32.2.